The highest BCUT2D eigenvalue weighted by Crippen LogP contribution is 2.23. The summed E-state index contributed by atoms with van der Waals surface area (Å²) in [6.07, 6.45) is 4.43. The summed E-state index contributed by atoms with van der Waals surface area (Å²) in [7, 11) is 0. The Hall–Kier alpha value is -1.09. The number of nitrogens with zero attached hydrogens (tertiary/aromatic N) is 2. The molecule has 0 aliphatic carbocycles. The zero-order chi connectivity index (χ0) is 12.3. The van der Waals surface area contributed by atoms with Gasteiger partial charge < -0.3 is 10.6 Å². The maximum absolute atomic E-state index is 5.71. The Morgan fingerprint density at radius 2 is 2.06 bits per heavy atom. The Kier molecular flexibility index (Phi) is 4.00. The third-order valence-electron chi connectivity index (χ3n) is 3.68. The quantitative estimate of drug-likeness (QED) is 0.871. The largest absolute Gasteiger partial charge is 0.370 e. The van der Waals surface area contributed by atoms with E-state index in [1.54, 1.807) is 0 Å². The van der Waals surface area contributed by atoms with Crippen LogP contribution in [0.3, 0.4) is 0 Å². The van der Waals surface area contributed by atoms with Gasteiger partial charge in [0.1, 0.15) is 0 Å². The van der Waals surface area contributed by atoms with Crippen molar-refractivity contribution in [1.29, 1.82) is 0 Å². The van der Waals surface area contributed by atoms with Crippen LogP contribution in [0.15, 0.2) is 18.3 Å². The zero-order valence-electron chi connectivity index (χ0n) is 10.9. The van der Waals surface area contributed by atoms with E-state index in [4.69, 9.17) is 5.73 Å². The minimum Gasteiger partial charge on any atom is -0.370 e. The second-order valence-electron chi connectivity index (χ2n) is 5.26. The molecule has 1 aliphatic rings. The van der Waals surface area contributed by atoms with Crippen LogP contribution in [0.1, 0.15) is 38.3 Å². The molecule has 0 aromatic carbocycles. The van der Waals surface area contributed by atoms with Crippen LogP contribution in [0.4, 0.5) is 5.69 Å². The summed E-state index contributed by atoms with van der Waals surface area (Å²) in [6.45, 7) is 7.41. The minimum atomic E-state index is 0.507. The van der Waals surface area contributed by atoms with Crippen LogP contribution < -0.4 is 10.6 Å². The van der Waals surface area contributed by atoms with Crippen molar-refractivity contribution in [2.24, 2.45) is 11.7 Å². The zero-order valence-corrected chi connectivity index (χ0v) is 10.9. The lowest BCUT2D eigenvalue weighted by molar-refractivity contribution is 0.414. The molecule has 1 saturated heterocycles. The van der Waals surface area contributed by atoms with Gasteiger partial charge in [0.2, 0.25) is 0 Å². The lowest BCUT2D eigenvalue weighted by atomic mass is 9.97. The number of pyridine rings is 1. The van der Waals surface area contributed by atoms with Crippen LogP contribution >= 0.6 is 0 Å². The highest BCUT2D eigenvalue weighted by atomic mass is 15.1. The Morgan fingerprint density at radius 3 is 2.53 bits per heavy atom. The van der Waals surface area contributed by atoms with E-state index in [0.717, 1.165) is 19.6 Å². The monoisotopic (exact) mass is 233 g/mol. The first-order valence-corrected chi connectivity index (χ1v) is 6.61. The standard InChI is InChI=1S/C14H23N3/c1-11(2)14-4-3-13(10-16-14)17-7-5-12(9-15)6-8-17/h3-4,10-12H,5-9,15H2,1-2H3. The summed E-state index contributed by atoms with van der Waals surface area (Å²) in [5.41, 5.74) is 8.14. The molecule has 0 atom stereocenters. The Labute approximate surface area is 104 Å². The van der Waals surface area contributed by atoms with Crippen molar-refractivity contribution in [3.63, 3.8) is 0 Å². The Bertz CT molecular complexity index is 337. The first-order chi connectivity index (χ1) is 8.20. The van der Waals surface area contributed by atoms with E-state index in [0.29, 0.717) is 11.8 Å². The number of hydrogen-bond donors (Lipinski definition) is 1. The van der Waals surface area contributed by atoms with Gasteiger partial charge in [-0.25, -0.2) is 0 Å². The SMILES string of the molecule is CC(C)c1ccc(N2CCC(CN)CC2)cn1. The molecule has 0 radical (unpaired) electrons. The maximum Gasteiger partial charge on any atom is 0.0552 e. The van der Waals surface area contributed by atoms with Gasteiger partial charge in [-0.1, -0.05) is 13.8 Å². The van der Waals surface area contributed by atoms with Crippen LogP contribution in [-0.2, 0) is 0 Å². The normalized spacial score (nSPS) is 17.8. The van der Waals surface area contributed by atoms with E-state index >= 15 is 0 Å². The molecule has 2 N–H and O–H groups in total. The molecule has 3 nitrogen and oxygen atoms in total. The topological polar surface area (TPSA) is 42.1 Å². The molecule has 0 bridgehead atoms. The van der Waals surface area contributed by atoms with Crippen molar-refractivity contribution in [3.05, 3.63) is 24.0 Å². The van der Waals surface area contributed by atoms with Gasteiger partial charge in [0.05, 0.1) is 11.9 Å². The number of aromatic nitrogens is 1. The molecule has 1 aromatic rings. The second-order valence-corrected chi connectivity index (χ2v) is 5.26. The van der Waals surface area contributed by atoms with Crippen LogP contribution in [0.2, 0.25) is 0 Å². The van der Waals surface area contributed by atoms with Crippen LogP contribution in [0.25, 0.3) is 0 Å². The molecule has 2 rings (SSSR count). The number of piperidine rings is 1. The molecule has 1 aliphatic heterocycles. The van der Waals surface area contributed by atoms with Crippen molar-refractivity contribution in [2.45, 2.75) is 32.6 Å². The summed E-state index contributed by atoms with van der Waals surface area (Å²) in [5, 5.41) is 0. The van der Waals surface area contributed by atoms with Gasteiger partial charge in [-0.15, -0.1) is 0 Å². The predicted octanol–water partition coefficient (Wildman–Crippen LogP) is 2.38. The van der Waals surface area contributed by atoms with E-state index in [-0.39, 0.29) is 0 Å². The third-order valence-corrected chi connectivity index (χ3v) is 3.68. The average Bonchev–Trinajstić information content (AvgIpc) is 2.39. The fourth-order valence-electron chi connectivity index (χ4n) is 2.35. The van der Waals surface area contributed by atoms with E-state index in [1.165, 1.54) is 24.2 Å². The number of nitrogens with two attached hydrogens (primary N) is 1. The predicted molar refractivity (Wildman–Crippen MR) is 72.3 cm³/mol. The molecule has 17 heavy (non-hydrogen) atoms. The van der Waals surface area contributed by atoms with Gasteiger partial charge in [-0.3, -0.25) is 4.98 Å². The van der Waals surface area contributed by atoms with Crippen molar-refractivity contribution in [3.8, 4) is 0 Å². The molecule has 0 unspecified atom stereocenters. The van der Waals surface area contributed by atoms with Crippen molar-refractivity contribution in [1.82, 2.24) is 4.98 Å². The van der Waals surface area contributed by atoms with E-state index in [1.807, 2.05) is 6.20 Å². The third kappa shape index (κ3) is 2.97. The van der Waals surface area contributed by atoms with Crippen LogP contribution in [0, 0.1) is 5.92 Å². The lowest BCUT2D eigenvalue weighted by Crippen LogP contribution is -2.36. The molecule has 0 saturated carbocycles. The summed E-state index contributed by atoms with van der Waals surface area (Å²) in [4.78, 5) is 6.95. The smallest absolute Gasteiger partial charge is 0.0552 e. The molecule has 94 valence electrons. The molecular formula is C14H23N3. The summed E-state index contributed by atoms with van der Waals surface area (Å²) in [5.74, 6) is 1.22. The summed E-state index contributed by atoms with van der Waals surface area (Å²) >= 11 is 0. The van der Waals surface area contributed by atoms with E-state index in [9.17, 15) is 0 Å². The van der Waals surface area contributed by atoms with Gasteiger partial charge >= 0.3 is 0 Å². The van der Waals surface area contributed by atoms with E-state index < -0.39 is 0 Å². The van der Waals surface area contributed by atoms with Gasteiger partial charge in [0, 0.05) is 18.8 Å². The molecule has 0 amide bonds. The maximum atomic E-state index is 5.71. The lowest BCUT2D eigenvalue weighted by Gasteiger charge is -2.33. The number of rotatable bonds is 3. The second kappa shape index (κ2) is 5.50. The first kappa shape index (κ1) is 12.4. The first-order valence-electron chi connectivity index (χ1n) is 6.61. The van der Waals surface area contributed by atoms with Crippen molar-refractivity contribution in [2.75, 3.05) is 24.5 Å². The molecule has 1 aromatic heterocycles. The number of anilines is 1. The van der Waals surface area contributed by atoms with Crippen LogP contribution in [-0.4, -0.2) is 24.6 Å². The highest BCUT2D eigenvalue weighted by molar-refractivity contribution is 5.45. The average molecular weight is 233 g/mol. The summed E-state index contributed by atoms with van der Waals surface area (Å²) < 4.78 is 0. The highest BCUT2D eigenvalue weighted by Gasteiger charge is 2.18. The van der Waals surface area contributed by atoms with Gasteiger partial charge in [-0.05, 0) is 43.4 Å². The van der Waals surface area contributed by atoms with Gasteiger partial charge in [0.25, 0.3) is 0 Å². The van der Waals surface area contributed by atoms with Crippen molar-refractivity contribution >= 4 is 5.69 Å². The Morgan fingerprint density at radius 1 is 1.35 bits per heavy atom. The van der Waals surface area contributed by atoms with Crippen LogP contribution in [0.5, 0.6) is 0 Å². The minimum absolute atomic E-state index is 0.507. The molecule has 0 spiro atoms. The van der Waals surface area contributed by atoms with Gasteiger partial charge in [0.15, 0.2) is 0 Å². The molecule has 3 heteroatoms. The fourth-order valence-corrected chi connectivity index (χ4v) is 2.35. The van der Waals surface area contributed by atoms with Gasteiger partial charge in [-0.2, -0.15) is 0 Å². The molecule has 2 heterocycles. The van der Waals surface area contributed by atoms with E-state index in [2.05, 4.69) is 35.9 Å². The Balaban J connectivity index is 1.99. The molecular weight excluding hydrogens is 210 g/mol. The molecule has 1 fully saturated rings. The number of hydrogen-bond acceptors (Lipinski definition) is 3. The summed E-state index contributed by atoms with van der Waals surface area (Å²) in [6, 6.07) is 4.35. The fraction of sp³-hybridized carbons (Fsp3) is 0.643. The van der Waals surface area contributed by atoms with Crippen molar-refractivity contribution < 1.29 is 0 Å².